The minimum absolute atomic E-state index is 0.0156. The van der Waals surface area contributed by atoms with Gasteiger partial charge in [-0.25, -0.2) is 0 Å². The summed E-state index contributed by atoms with van der Waals surface area (Å²) in [7, 11) is 0. The van der Waals surface area contributed by atoms with Crippen molar-refractivity contribution in [1.82, 2.24) is 4.90 Å². The molecule has 3 aromatic carbocycles. The van der Waals surface area contributed by atoms with Crippen LogP contribution in [-0.4, -0.2) is 29.7 Å². The highest BCUT2D eigenvalue weighted by atomic mass is 16.5. The molecule has 0 unspecified atom stereocenters. The Balaban J connectivity index is 1.54. The second-order valence-corrected chi connectivity index (χ2v) is 7.16. The standard InChI is InChI=1S/C25H23NO3/c27-23(19-9-3-1-4-10-19)20-13-15-22(16-14-20)29-24(21-11-5-2-6-12-21)25(28)26-17-7-8-18-26/h1-6,9-16,24H,7-8,17-18H2/t24-/m0/s1. The van der Waals surface area contributed by atoms with Gasteiger partial charge in [0.25, 0.3) is 5.91 Å². The van der Waals surface area contributed by atoms with Crippen LogP contribution in [0.25, 0.3) is 0 Å². The molecule has 0 spiro atoms. The summed E-state index contributed by atoms with van der Waals surface area (Å²) < 4.78 is 6.11. The van der Waals surface area contributed by atoms with Crippen molar-refractivity contribution in [3.63, 3.8) is 0 Å². The predicted molar refractivity (Wildman–Crippen MR) is 112 cm³/mol. The van der Waals surface area contributed by atoms with Crippen LogP contribution in [0.1, 0.15) is 40.4 Å². The van der Waals surface area contributed by atoms with Crippen LogP contribution in [-0.2, 0) is 4.79 Å². The average molecular weight is 385 g/mol. The number of hydrogen-bond acceptors (Lipinski definition) is 3. The molecule has 0 saturated carbocycles. The molecule has 146 valence electrons. The number of rotatable bonds is 6. The molecule has 4 nitrogen and oxygen atoms in total. The first-order valence-corrected chi connectivity index (χ1v) is 9.92. The molecule has 4 rings (SSSR count). The maximum atomic E-state index is 13.1. The zero-order chi connectivity index (χ0) is 20.1. The molecule has 0 bridgehead atoms. The molecule has 0 aliphatic carbocycles. The van der Waals surface area contributed by atoms with Gasteiger partial charge < -0.3 is 9.64 Å². The van der Waals surface area contributed by atoms with Crippen LogP contribution >= 0.6 is 0 Å². The molecule has 0 N–H and O–H groups in total. The minimum atomic E-state index is -0.690. The van der Waals surface area contributed by atoms with E-state index in [1.807, 2.05) is 53.4 Å². The average Bonchev–Trinajstić information content (AvgIpc) is 3.33. The first kappa shape index (κ1) is 18.9. The highest BCUT2D eigenvalue weighted by molar-refractivity contribution is 6.09. The summed E-state index contributed by atoms with van der Waals surface area (Å²) in [6, 6.07) is 25.7. The lowest BCUT2D eigenvalue weighted by molar-refractivity contribution is -0.137. The summed E-state index contributed by atoms with van der Waals surface area (Å²) in [5, 5.41) is 0. The zero-order valence-electron chi connectivity index (χ0n) is 16.2. The number of ether oxygens (including phenoxy) is 1. The lowest BCUT2D eigenvalue weighted by Gasteiger charge is -2.24. The molecule has 1 aliphatic heterocycles. The first-order chi connectivity index (χ1) is 14.2. The van der Waals surface area contributed by atoms with E-state index in [1.54, 1.807) is 36.4 Å². The number of ketones is 1. The van der Waals surface area contributed by atoms with Gasteiger partial charge in [0.05, 0.1) is 0 Å². The van der Waals surface area contributed by atoms with Gasteiger partial charge in [-0.3, -0.25) is 9.59 Å². The Hall–Kier alpha value is -3.40. The lowest BCUT2D eigenvalue weighted by atomic mass is 10.0. The molecule has 1 saturated heterocycles. The lowest BCUT2D eigenvalue weighted by Crippen LogP contribution is -2.35. The molecule has 1 amide bonds. The van der Waals surface area contributed by atoms with E-state index in [2.05, 4.69) is 0 Å². The van der Waals surface area contributed by atoms with Crippen molar-refractivity contribution >= 4 is 11.7 Å². The summed E-state index contributed by atoms with van der Waals surface area (Å²) in [4.78, 5) is 27.5. The molecule has 1 atom stereocenters. The van der Waals surface area contributed by atoms with E-state index in [0.717, 1.165) is 31.5 Å². The highest BCUT2D eigenvalue weighted by Gasteiger charge is 2.29. The number of nitrogens with zero attached hydrogens (tertiary/aromatic N) is 1. The van der Waals surface area contributed by atoms with Gasteiger partial charge in [0, 0.05) is 29.8 Å². The van der Waals surface area contributed by atoms with E-state index in [0.29, 0.717) is 16.9 Å². The van der Waals surface area contributed by atoms with Crippen LogP contribution < -0.4 is 4.74 Å². The molecule has 3 aromatic rings. The normalized spacial score (nSPS) is 14.4. The fourth-order valence-corrected chi connectivity index (χ4v) is 3.57. The Labute approximate surface area is 170 Å². The zero-order valence-corrected chi connectivity index (χ0v) is 16.2. The van der Waals surface area contributed by atoms with Crippen LogP contribution in [0.4, 0.5) is 0 Å². The van der Waals surface area contributed by atoms with Gasteiger partial charge in [0.1, 0.15) is 5.75 Å². The van der Waals surface area contributed by atoms with Crippen LogP contribution in [0.3, 0.4) is 0 Å². The molecular weight excluding hydrogens is 362 g/mol. The van der Waals surface area contributed by atoms with Gasteiger partial charge in [-0.2, -0.15) is 0 Å². The maximum absolute atomic E-state index is 13.1. The van der Waals surface area contributed by atoms with Gasteiger partial charge in [-0.15, -0.1) is 0 Å². The first-order valence-electron chi connectivity index (χ1n) is 9.92. The second kappa shape index (κ2) is 8.74. The molecule has 1 fully saturated rings. The van der Waals surface area contributed by atoms with Crippen molar-refractivity contribution in [3.8, 4) is 5.75 Å². The van der Waals surface area contributed by atoms with Crippen LogP contribution in [0.5, 0.6) is 5.75 Å². The molecule has 1 aliphatic rings. The summed E-state index contributed by atoms with van der Waals surface area (Å²) in [5.41, 5.74) is 2.06. The Morgan fingerprint density at radius 3 is 1.90 bits per heavy atom. The third kappa shape index (κ3) is 4.37. The number of likely N-dealkylation sites (tertiary alicyclic amines) is 1. The molecule has 0 radical (unpaired) electrons. The van der Waals surface area contributed by atoms with Gasteiger partial charge in [0.15, 0.2) is 5.78 Å². The Morgan fingerprint density at radius 2 is 1.28 bits per heavy atom. The number of benzene rings is 3. The number of amides is 1. The van der Waals surface area contributed by atoms with E-state index in [4.69, 9.17) is 4.74 Å². The van der Waals surface area contributed by atoms with Crippen LogP contribution in [0.2, 0.25) is 0 Å². The number of hydrogen-bond donors (Lipinski definition) is 0. The summed E-state index contributed by atoms with van der Waals surface area (Å²) in [5.74, 6) is 0.513. The quantitative estimate of drug-likeness (QED) is 0.580. The minimum Gasteiger partial charge on any atom is -0.476 e. The number of carbonyl (C=O) groups is 2. The Morgan fingerprint density at radius 1 is 0.724 bits per heavy atom. The van der Waals surface area contributed by atoms with E-state index in [-0.39, 0.29) is 11.7 Å². The monoisotopic (exact) mass is 385 g/mol. The van der Waals surface area contributed by atoms with Gasteiger partial charge in [-0.1, -0.05) is 60.7 Å². The summed E-state index contributed by atoms with van der Waals surface area (Å²) in [6.07, 6.45) is 1.37. The van der Waals surface area contributed by atoms with Crippen LogP contribution in [0, 0.1) is 0 Å². The maximum Gasteiger partial charge on any atom is 0.268 e. The fourth-order valence-electron chi connectivity index (χ4n) is 3.57. The van der Waals surface area contributed by atoms with Crippen molar-refractivity contribution in [3.05, 3.63) is 102 Å². The highest BCUT2D eigenvalue weighted by Crippen LogP contribution is 2.26. The SMILES string of the molecule is O=C(c1ccccc1)c1ccc(O[C@H](C(=O)N2CCCC2)c2ccccc2)cc1. The molecule has 1 heterocycles. The second-order valence-electron chi connectivity index (χ2n) is 7.16. The Bertz CT molecular complexity index is 962. The molecule has 4 heteroatoms. The van der Waals surface area contributed by atoms with Crippen molar-refractivity contribution in [2.24, 2.45) is 0 Å². The van der Waals surface area contributed by atoms with Crippen molar-refractivity contribution < 1.29 is 14.3 Å². The molecule has 0 aromatic heterocycles. The largest absolute Gasteiger partial charge is 0.476 e. The molecular formula is C25H23NO3. The van der Waals surface area contributed by atoms with Crippen molar-refractivity contribution in [1.29, 1.82) is 0 Å². The van der Waals surface area contributed by atoms with E-state index in [9.17, 15) is 9.59 Å². The smallest absolute Gasteiger partial charge is 0.268 e. The predicted octanol–water partition coefficient (Wildman–Crippen LogP) is 4.66. The Kier molecular flexibility index (Phi) is 5.71. The van der Waals surface area contributed by atoms with E-state index in [1.165, 1.54) is 0 Å². The van der Waals surface area contributed by atoms with Crippen LogP contribution in [0.15, 0.2) is 84.9 Å². The summed E-state index contributed by atoms with van der Waals surface area (Å²) >= 11 is 0. The third-order valence-electron chi connectivity index (χ3n) is 5.15. The van der Waals surface area contributed by atoms with E-state index < -0.39 is 6.10 Å². The van der Waals surface area contributed by atoms with Crippen molar-refractivity contribution in [2.45, 2.75) is 18.9 Å². The number of carbonyl (C=O) groups excluding carboxylic acids is 2. The van der Waals surface area contributed by atoms with Crippen molar-refractivity contribution in [2.75, 3.05) is 13.1 Å². The van der Waals surface area contributed by atoms with Gasteiger partial charge in [0.2, 0.25) is 6.10 Å². The topological polar surface area (TPSA) is 46.6 Å². The summed E-state index contributed by atoms with van der Waals surface area (Å²) in [6.45, 7) is 1.55. The van der Waals surface area contributed by atoms with Gasteiger partial charge >= 0.3 is 0 Å². The third-order valence-corrected chi connectivity index (χ3v) is 5.15. The molecule has 29 heavy (non-hydrogen) atoms. The van der Waals surface area contributed by atoms with Gasteiger partial charge in [-0.05, 0) is 37.1 Å². The van der Waals surface area contributed by atoms with E-state index >= 15 is 0 Å². The fraction of sp³-hybridized carbons (Fsp3) is 0.200.